The molecule has 2 aromatic rings. The molecule has 0 saturated heterocycles. The van der Waals surface area contributed by atoms with Crippen LogP contribution in [0.5, 0.6) is 0 Å². The first kappa shape index (κ1) is 12.6. The van der Waals surface area contributed by atoms with Crippen molar-refractivity contribution in [1.29, 1.82) is 5.26 Å². The Kier molecular flexibility index (Phi) is 3.48. The SMILES string of the molecule is N#CCNC(=O)Cn1ccc2cc(C(=O)O)ccc21. The van der Waals surface area contributed by atoms with Gasteiger partial charge in [0.15, 0.2) is 0 Å². The average Bonchev–Trinajstić information content (AvgIpc) is 2.78. The van der Waals surface area contributed by atoms with E-state index in [1.165, 1.54) is 6.07 Å². The van der Waals surface area contributed by atoms with Crippen LogP contribution in [0.4, 0.5) is 0 Å². The molecule has 1 amide bonds. The van der Waals surface area contributed by atoms with Crippen molar-refractivity contribution in [3.05, 3.63) is 36.0 Å². The molecule has 0 spiro atoms. The van der Waals surface area contributed by atoms with Gasteiger partial charge in [0, 0.05) is 17.1 Å². The molecule has 96 valence electrons. The fourth-order valence-electron chi connectivity index (χ4n) is 1.82. The third-order valence-electron chi connectivity index (χ3n) is 2.70. The van der Waals surface area contributed by atoms with Gasteiger partial charge in [0.25, 0.3) is 0 Å². The van der Waals surface area contributed by atoms with Gasteiger partial charge in [-0.05, 0) is 24.3 Å². The number of nitrogens with one attached hydrogen (secondary N) is 1. The minimum atomic E-state index is -0.985. The molecular weight excluding hydrogens is 246 g/mol. The summed E-state index contributed by atoms with van der Waals surface area (Å²) in [5.74, 6) is -1.25. The van der Waals surface area contributed by atoms with E-state index in [1.54, 1.807) is 29.0 Å². The molecule has 0 aliphatic carbocycles. The van der Waals surface area contributed by atoms with Crippen LogP contribution in [0.1, 0.15) is 10.4 Å². The summed E-state index contributed by atoms with van der Waals surface area (Å²) in [6, 6.07) is 8.29. The Morgan fingerprint density at radius 3 is 2.84 bits per heavy atom. The number of fused-ring (bicyclic) bond motifs is 1. The highest BCUT2D eigenvalue weighted by Gasteiger charge is 2.08. The van der Waals surface area contributed by atoms with Crippen LogP contribution in [0.2, 0.25) is 0 Å². The maximum atomic E-state index is 11.5. The molecule has 0 aliphatic rings. The summed E-state index contributed by atoms with van der Waals surface area (Å²) in [6.45, 7) is 0.0682. The number of carbonyl (C=O) groups excluding carboxylic acids is 1. The molecule has 1 aromatic heterocycles. The zero-order valence-electron chi connectivity index (χ0n) is 9.96. The number of carboxylic acid groups (broad SMARTS) is 1. The number of nitriles is 1. The lowest BCUT2D eigenvalue weighted by atomic mass is 10.1. The molecule has 0 fully saturated rings. The summed E-state index contributed by atoms with van der Waals surface area (Å²) in [5.41, 5.74) is 0.983. The topological polar surface area (TPSA) is 95.1 Å². The summed E-state index contributed by atoms with van der Waals surface area (Å²) in [6.07, 6.45) is 1.71. The van der Waals surface area contributed by atoms with Crippen molar-refractivity contribution in [3.63, 3.8) is 0 Å². The second-order valence-electron chi connectivity index (χ2n) is 3.96. The number of nitrogens with zero attached hydrogens (tertiary/aromatic N) is 2. The highest BCUT2D eigenvalue weighted by Crippen LogP contribution is 2.17. The predicted molar refractivity (Wildman–Crippen MR) is 67.5 cm³/mol. The maximum absolute atomic E-state index is 11.5. The van der Waals surface area contributed by atoms with E-state index >= 15 is 0 Å². The monoisotopic (exact) mass is 257 g/mol. The van der Waals surface area contributed by atoms with Crippen LogP contribution in [-0.4, -0.2) is 28.1 Å². The number of hydrogen-bond donors (Lipinski definition) is 2. The van der Waals surface area contributed by atoms with Crippen molar-refractivity contribution < 1.29 is 14.7 Å². The largest absolute Gasteiger partial charge is 0.478 e. The Bertz CT molecular complexity index is 682. The normalized spacial score (nSPS) is 10.1. The molecule has 0 saturated carbocycles. The van der Waals surface area contributed by atoms with Crippen LogP contribution < -0.4 is 5.32 Å². The van der Waals surface area contributed by atoms with Crippen LogP contribution in [0.25, 0.3) is 10.9 Å². The Labute approximate surface area is 108 Å². The molecular formula is C13H11N3O3. The van der Waals surface area contributed by atoms with E-state index in [9.17, 15) is 9.59 Å². The van der Waals surface area contributed by atoms with Crippen molar-refractivity contribution in [2.75, 3.05) is 6.54 Å². The quantitative estimate of drug-likeness (QED) is 0.798. The van der Waals surface area contributed by atoms with E-state index in [0.717, 1.165) is 10.9 Å². The van der Waals surface area contributed by atoms with E-state index in [2.05, 4.69) is 5.32 Å². The van der Waals surface area contributed by atoms with Crippen LogP contribution in [0, 0.1) is 11.3 Å². The first-order chi connectivity index (χ1) is 9.11. The number of hydrogen-bond acceptors (Lipinski definition) is 3. The zero-order chi connectivity index (χ0) is 13.8. The number of aromatic nitrogens is 1. The third kappa shape index (κ3) is 2.72. The molecule has 1 heterocycles. The Morgan fingerprint density at radius 1 is 1.37 bits per heavy atom. The standard InChI is InChI=1S/C13H11N3O3/c14-4-5-15-12(17)8-16-6-3-9-7-10(13(18)19)1-2-11(9)16/h1-3,6-7H,5,8H2,(H,15,17)(H,18,19). The van der Waals surface area contributed by atoms with Crippen molar-refractivity contribution in [1.82, 2.24) is 9.88 Å². The molecule has 6 heteroatoms. The number of benzene rings is 1. The highest BCUT2D eigenvalue weighted by atomic mass is 16.4. The highest BCUT2D eigenvalue weighted by molar-refractivity contribution is 5.94. The summed E-state index contributed by atoms with van der Waals surface area (Å²) in [4.78, 5) is 22.4. The van der Waals surface area contributed by atoms with Gasteiger partial charge in [-0.1, -0.05) is 0 Å². The molecule has 19 heavy (non-hydrogen) atoms. The fourth-order valence-corrected chi connectivity index (χ4v) is 1.82. The zero-order valence-corrected chi connectivity index (χ0v) is 9.96. The van der Waals surface area contributed by atoms with E-state index in [4.69, 9.17) is 10.4 Å². The minimum Gasteiger partial charge on any atom is -0.478 e. The van der Waals surface area contributed by atoms with Crippen molar-refractivity contribution in [2.24, 2.45) is 0 Å². The maximum Gasteiger partial charge on any atom is 0.335 e. The fraction of sp³-hybridized carbons (Fsp3) is 0.154. The molecule has 2 rings (SSSR count). The van der Waals surface area contributed by atoms with E-state index < -0.39 is 5.97 Å². The van der Waals surface area contributed by atoms with Gasteiger partial charge in [-0.3, -0.25) is 4.79 Å². The van der Waals surface area contributed by atoms with Crippen LogP contribution in [0.15, 0.2) is 30.5 Å². The minimum absolute atomic E-state index is 0.0266. The smallest absolute Gasteiger partial charge is 0.335 e. The summed E-state index contributed by atoms with van der Waals surface area (Å²) >= 11 is 0. The molecule has 0 radical (unpaired) electrons. The van der Waals surface area contributed by atoms with Gasteiger partial charge in [-0.25, -0.2) is 4.79 Å². The van der Waals surface area contributed by atoms with Crippen molar-refractivity contribution in [3.8, 4) is 6.07 Å². The van der Waals surface area contributed by atoms with Crippen LogP contribution in [-0.2, 0) is 11.3 Å². The number of carboxylic acids is 1. The molecule has 0 aliphatic heterocycles. The van der Waals surface area contributed by atoms with Gasteiger partial charge in [0.2, 0.25) is 5.91 Å². The first-order valence-corrected chi connectivity index (χ1v) is 5.57. The van der Waals surface area contributed by atoms with Crippen LogP contribution in [0.3, 0.4) is 0 Å². The summed E-state index contributed by atoms with van der Waals surface area (Å²) in [7, 11) is 0. The lowest BCUT2D eigenvalue weighted by molar-refractivity contribution is -0.121. The first-order valence-electron chi connectivity index (χ1n) is 5.57. The molecule has 6 nitrogen and oxygen atoms in total. The van der Waals surface area contributed by atoms with E-state index in [1.807, 2.05) is 6.07 Å². The molecule has 1 aromatic carbocycles. The Morgan fingerprint density at radius 2 is 2.16 bits per heavy atom. The predicted octanol–water partition coefficient (Wildman–Crippen LogP) is 0.979. The lowest BCUT2D eigenvalue weighted by Gasteiger charge is -2.05. The van der Waals surface area contributed by atoms with Gasteiger partial charge in [-0.15, -0.1) is 0 Å². The second-order valence-corrected chi connectivity index (χ2v) is 3.96. The third-order valence-corrected chi connectivity index (χ3v) is 2.70. The summed E-state index contributed by atoms with van der Waals surface area (Å²) < 4.78 is 1.70. The van der Waals surface area contributed by atoms with Gasteiger partial charge in [-0.2, -0.15) is 5.26 Å². The van der Waals surface area contributed by atoms with Crippen molar-refractivity contribution >= 4 is 22.8 Å². The van der Waals surface area contributed by atoms with Crippen LogP contribution >= 0.6 is 0 Å². The number of aromatic carboxylic acids is 1. The van der Waals surface area contributed by atoms with E-state index in [-0.39, 0.29) is 24.6 Å². The molecule has 0 atom stereocenters. The number of rotatable bonds is 4. The molecule has 2 N–H and O–H groups in total. The Balaban J connectivity index is 2.24. The second kappa shape index (κ2) is 5.23. The van der Waals surface area contributed by atoms with Gasteiger partial charge < -0.3 is 15.0 Å². The lowest BCUT2D eigenvalue weighted by Crippen LogP contribution is -2.27. The number of amides is 1. The average molecular weight is 257 g/mol. The number of carbonyl (C=O) groups is 2. The molecule has 0 unspecified atom stereocenters. The Hall–Kier alpha value is -2.81. The van der Waals surface area contributed by atoms with E-state index in [0.29, 0.717) is 0 Å². The van der Waals surface area contributed by atoms with Crippen molar-refractivity contribution in [2.45, 2.75) is 6.54 Å². The summed E-state index contributed by atoms with van der Waals surface area (Å²) in [5, 5.41) is 20.5. The van der Waals surface area contributed by atoms with Gasteiger partial charge >= 0.3 is 5.97 Å². The van der Waals surface area contributed by atoms with Gasteiger partial charge in [0.1, 0.15) is 13.1 Å². The molecule has 0 bridgehead atoms. The van der Waals surface area contributed by atoms with Gasteiger partial charge in [0.05, 0.1) is 11.6 Å².